The largest absolute Gasteiger partial charge is 0.361 e. The molecule has 1 aliphatic carbocycles. The number of H-pyrrole nitrogens is 1. The average Bonchev–Trinajstić information content (AvgIpc) is 3.57. The molecule has 0 amide bonds. The van der Waals surface area contributed by atoms with Gasteiger partial charge in [-0.15, -0.1) is 0 Å². The Morgan fingerprint density at radius 1 is 1.15 bits per heavy atom. The minimum Gasteiger partial charge on any atom is -0.361 e. The lowest BCUT2D eigenvalue weighted by atomic mass is 9.85. The molecule has 0 bridgehead atoms. The molecule has 34 heavy (non-hydrogen) atoms. The van der Waals surface area contributed by atoms with Gasteiger partial charge in [-0.3, -0.25) is 4.79 Å². The molecule has 6 nitrogen and oxygen atoms in total. The third-order valence-corrected chi connectivity index (χ3v) is 9.52. The first-order chi connectivity index (χ1) is 16.1. The predicted molar refractivity (Wildman–Crippen MR) is 138 cm³/mol. The monoisotopic (exact) mass is 487 g/mol. The van der Waals surface area contributed by atoms with Crippen molar-refractivity contribution >= 4 is 26.7 Å². The van der Waals surface area contributed by atoms with Crippen LogP contribution in [0.1, 0.15) is 71.3 Å². The van der Waals surface area contributed by atoms with E-state index in [4.69, 9.17) is 0 Å². The van der Waals surface area contributed by atoms with Crippen LogP contribution in [0.3, 0.4) is 0 Å². The van der Waals surface area contributed by atoms with Crippen molar-refractivity contribution in [1.29, 1.82) is 0 Å². The van der Waals surface area contributed by atoms with E-state index in [2.05, 4.69) is 59.8 Å². The Morgan fingerprint density at radius 3 is 2.53 bits per heavy atom. The first-order valence-corrected chi connectivity index (χ1v) is 14.5. The molecular formula is C27H41N3O3S. The summed E-state index contributed by atoms with van der Waals surface area (Å²) in [7, 11) is -3.21. The minimum absolute atomic E-state index is 0.0965. The fourth-order valence-electron chi connectivity index (χ4n) is 5.03. The van der Waals surface area contributed by atoms with Gasteiger partial charge in [-0.25, -0.2) is 13.1 Å². The normalized spacial score (nSPS) is 19.5. The zero-order valence-corrected chi connectivity index (χ0v) is 21.8. The summed E-state index contributed by atoms with van der Waals surface area (Å²) in [5.41, 5.74) is 2.31. The maximum atomic E-state index is 12.6. The Kier molecular flexibility index (Phi) is 7.85. The number of hydrogen-bond donors (Lipinski definition) is 2. The molecule has 2 heterocycles. The van der Waals surface area contributed by atoms with E-state index in [1.54, 1.807) is 0 Å². The zero-order chi connectivity index (χ0) is 24.3. The molecule has 2 N–H and O–H groups in total. The summed E-state index contributed by atoms with van der Waals surface area (Å²) < 4.78 is 28.0. The van der Waals surface area contributed by atoms with Gasteiger partial charge in [0.25, 0.3) is 0 Å². The molecule has 1 aromatic carbocycles. The molecule has 1 aromatic heterocycles. The number of hydrogen-bond acceptors (Lipinski definition) is 4. The van der Waals surface area contributed by atoms with Gasteiger partial charge in [-0.05, 0) is 74.6 Å². The molecular weight excluding hydrogens is 446 g/mol. The molecule has 2 aromatic rings. The van der Waals surface area contributed by atoms with Gasteiger partial charge in [0.15, 0.2) is 0 Å². The summed E-state index contributed by atoms with van der Waals surface area (Å²) in [5.74, 6) is 0.830. The molecule has 4 rings (SSSR count). The van der Waals surface area contributed by atoms with Crippen LogP contribution in [-0.2, 0) is 21.2 Å². The second kappa shape index (κ2) is 10.5. The van der Waals surface area contributed by atoms with E-state index in [1.165, 1.54) is 10.9 Å². The van der Waals surface area contributed by atoms with Crippen molar-refractivity contribution < 1.29 is 13.2 Å². The summed E-state index contributed by atoms with van der Waals surface area (Å²) in [6, 6.07) is 8.22. The number of rotatable bonds is 11. The van der Waals surface area contributed by atoms with Crippen LogP contribution in [0.4, 0.5) is 0 Å². The highest BCUT2D eigenvalue weighted by molar-refractivity contribution is 7.90. The zero-order valence-electron chi connectivity index (χ0n) is 21.0. The molecule has 2 fully saturated rings. The second-order valence-electron chi connectivity index (χ2n) is 11.5. The summed E-state index contributed by atoms with van der Waals surface area (Å²) >= 11 is 0. The van der Waals surface area contributed by atoms with Crippen molar-refractivity contribution in [2.24, 2.45) is 11.3 Å². The molecule has 0 spiro atoms. The van der Waals surface area contributed by atoms with Crippen LogP contribution in [0.5, 0.6) is 0 Å². The maximum Gasteiger partial charge on any atom is 0.214 e. The maximum absolute atomic E-state index is 12.6. The number of carbonyl (C=O) groups excluding carboxylic acids is 1. The van der Waals surface area contributed by atoms with E-state index in [0.717, 1.165) is 63.7 Å². The summed E-state index contributed by atoms with van der Waals surface area (Å²) in [5, 5.41) is 1.07. The van der Waals surface area contributed by atoms with Gasteiger partial charge >= 0.3 is 0 Å². The number of nitrogens with zero attached hydrogens (tertiary/aromatic N) is 1. The predicted octanol–water partition coefficient (Wildman–Crippen LogP) is 4.66. The van der Waals surface area contributed by atoms with E-state index >= 15 is 0 Å². The van der Waals surface area contributed by atoms with Crippen molar-refractivity contribution in [1.82, 2.24) is 14.6 Å². The summed E-state index contributed by atoms with van der Waals surface area (Å²) in [4.78, 5) is 18.3. The highest BCUT2D eigenvalue weighted by Crippen LogP contribution is 2.31. The highest BCUT2D eigenvalue weighted by atomic mass is 32.2. The van der Waals surface area contributed by atoms with Crippen molar-refractivity contribution in [3.05, 3.63) is 36.0 Å². The lowest BCUT2D eigenvalue weighted by molar-refractivity contribution is -0.120. The van der Waals surface area contributed by atoms with E-state index in [1.807, 2.05) is 6.07 Å². The van der Waals surface area contributed by atoms with Gasteiger partial charge in [0.1, 0.15) is 5.78 Å². The van der Waals surface area contributed by atoms with Gasteiger partial charge in [-0.2, -0.15) is 0 Å². The van der Waals surface area contributed by atoms with Gasteiger partial charge in [0.05, 0.1) is 5.25 Å². The van der Waals surface area contributed by atoms with E-state index in [0.29, 0.717) is 24.5 Å². The van der Waals surface area contributed by atoms with Gasteiger partial charge in [-0.1, -0.05) is 39.0 Å². The third kappa shape index (κ3) is 6.70. The first kappa shape index (κ1) is 25.4. The second-order valence-corrected chi connectivity index (χ2v) is 13.5. The van der Waals surface area contributed by atoms with Crippen LogP contribution in [0, 0.1) is 11.3 Å². The van der Waals surface area contributed by atoms with Gasteiger partial charge in [0, 0.05) is 42.5 Å². The molecule has 2 aliphatic rings. The van der Waals surface area contributed by atoms with Crippen LogP contribution < -0.4 is 4.72 Å². The molecule has 1 aliphatic heterocycles. The number of sulfonamides is 1. The van der Waals surface area contributed by atoms with Crippen LogP contribution in [0.25, 0.3) is 10.9 Å². The Balaban J connectivity index is 1.19. The SMILES string of the molecule is CC(C)(C)C(CN1CCC(CC(=O)CCCc2c[nH]c3ccccc23)CC1)NS(=O)(=O)C1CC1. The lowest BCUT2D eigenvalue weighted by Gasteiger charge is -2.38. The molecule has 1 unspecified atom stereocenters. The number of benzene rings is 1. The van der Waals surface area contributed by atoms with Crippen molar-refractivity contribution in [3.8, 4) is 0 Å². The summed E-state index contributed by atoms with van der Waals surface area (Å²) in [6.07, 6.45) is 8.82. The van der Waals surface area contributed by atoms with Crippen molar-refractivity contribution in [3.63, 3.8) is 0 Å². The van der Waals surface area contributed by atoms with E-state index in [-0.39, 0.29) is 16.7 Å². The van der Waals surface area contributed by atoms with Crippen molar-refractivity contribution in [2.75, 3.05) is 19.6 Å². The Morgan fingerprint density at radius 2 is 1.85 bits per heavy atom. The average molecular weight is 488 g/mol. The summed E-state index contributed by atoms with van der Waals surface area (Å²) in [6.45, 7) is 8.93. The van der Waals surface area contributed by atoms with Gasteiger partial charge < -0.3 is 9.88 Å². The van der Waals surface area contributed by atoms with Crippen LogP contribution >= 0.6 is 0 Å². The van der Waals surface area contributed by atoms with E-state index in [9.17, 15) is 13.2 Å². The molecule has 0 radical (unpaired) electrons. The highest BCUT2D eigenvalue weighted by Gasteiger charge is 2.40. The fourth-order valence-corrected chi connectivity index (χ4v) is 6.80. The van der Waals surface area contributed by atoms with Crippen LogP contribution in [0.15, 0.2) is 30.5 Å². The molecule has 1 saturated heterocycles. The molecule has 188 valence electrons. The number of aromatic amines is 1. The van der Waals surface area contributed by atoms with Crippen molar-refractivity contribution in [2.45, 2.75) is 83.4 Å². The molecule has 1 atom stereocenters. The lowest BCUT2D eigenvalue weighted by Crippen LogP contribution is -2.52. The van der Waals surface area contributed by atoms with Gasteiger partial charge in [0.2, 0.25) is 10.0 Å². The number of para-hydroxylation sites is 1. The standard InChI is InChI=1S/C27H41N3O3S/c1-27(2,3)26(29-34(32,33)23-11-12-23)19-30-15-13-20(14-16-30)17-22(31)8-6-7-21-18-28-25-10-5-4-9-24(21)25/h4-5,9-10,18,20,23,26,28-29H,6-8,11-17,19H2,1-3H3. The molecule has 1 saturated carbocycles. The number of ketones is 1. The number of carbonyl (C=O) groups is 1. The fraction of sp³-hybridized carbons (Fsp3) is 0.667. The number of fused-ring (bicyclic) bond motifs is 1. The van der Waals surface area contributed by atoms with Crippen LogP contribution in [0.2, 0.25) is 0 Å². The topological polar surface area (TPSA) is 82.3 Å². The first-order valence-electron chi connectivity index (χ1n) is 12.9. The Bertz CT molecular complexity index is 1070. The molecule has 7 heteroatoms. The quantitative estimate of drug-likeness (QED) is 0.483. The van der Waals surface area contributed by atoms with Crippen LogP contribution in [-0.4, -0.2) is 55.0 Å². The third-order valence-electron chi connectivity index (χ3n) is 7.56. The van der Waals surface area contributed by atoms with E-state index < -0.39 is 10.0 Å². The number of nitrogens with one attached hydrogen (secondary N) is 2. The smallest absolute Gasteiger partial charge is 0.214 e. The number of Topliss-reactive ketones (excluding diaryl/α,β-unsaturated/α-hetero) is 1. The number of aromatic nitrogens is 1. The Hall–Kier alpha value is -1.70. The minimum atomic E-state index is -3.21. The number of piperidine rings is 1. The number of aryl methyl sites for hydroxylation is 1. The number of likely N-dealkylation sites (tertiary alicyclic amines) is 1. The Labute approximate surface area is 204 Å².